The van der Waals surface area contributed by atoms with Crippen molar-refractivity contribution in [2.45, 2.75) is 0 Å². The summed E-state index contributed by atoms with van der Waals surface area (Å²) in [6.07, 6.45) is 3.11. The van der Waals surface area contributed by atoms with E-state index >= 15 is 0 Å². The van der Waals surface area contributed by atoms with Crippen LogP contribution >= 0.6 is 0 Å². The van der Waals surface area contributed by atoms with Gasteiger partial charge in [-0.1, -0.05) is 12.1 Å². The molecule has 0 bridgehead atoms. The lowest BCUT2D eigenvalue weighted by atomic mass is 10.1. The van der Waals surface area contributed by atoms with Gasteiger partial charge in [-0.25, -0.2) is 14.4 Å². The number of ether oxygens (including phenoxy) is 3. The van der Waals surface area contributed by atoms with Gasteiger partial charge in [0.1, 0.15) is 5.75 Å². The van der Waals surface area contributed by atoms with E-state index in [1.54, 1.807) is 25.3 Å². The Bertz CT molecular complexity index is 907. The van der Waals surface area contributed by atoms with Gasteiger partial charge in [0, 0.05) is 6.20 Å². The lowest BCUT2D eigenvalue weighted by Gasteiger charge is -2.11. The molecular weight excluding hydrogens is 364 g/mol. The van der Waals surface area contributed by atoms with E-state index in [4.69, 9.17) is 9.47 Å². The highest BCUT2D eigenvalue weighted by Gasteiger charge is 2.17. The molecule has 0 aliphatic carbocycles. The molecule has 0 heterocycles. The van der Waals surface area contributed by atoms with Gasteiger partial charge in [0.25, 0.3) is 0 Å². The Morgan fingerprint density at radius 3 is 2.36 bits per heavy atom. The van der Waals surface area contributed by atoms with Crippen molar-refractivity contribution in [1.29, 1.82) is 0 Å². The number of esters is 2. The topological polar surface area (TPSA) is 103 Å². The fourth-order valence-corrected chi connectivity index (χ4v) is 2.30. The first-order valence-electron chi connectivity index (χ1n) is 8.17. The third-order valence-electron chi connectivity index (χ3n) is 3.68. The number of rotatable bonds is 6. The molecule has 0 aromatic heterocycles. The monoisotopic (exact) mass is 384 g/mol. The molecule has 0 aliphatic rings. The number of urea groups is 1. The van der Waals surface area contributed by atoms with E-state index in [1.165, 1.54) is 38.6 Å². The number of hydrogen-bond acceptors (Lipinski definition) is 6. The highest BCUT2D eigenvalue weighted by atomic mass is 16.5. The summed E-state index contributed by atoms with van der Waals surface area (Å²) in [6, 6.07) is 10.8. The second kappa shape index (κ2) is 9.77. The molecule has 2 amide bonds. The summed E-state index contributed by atoms with van der Waals surface area (Å²) in [7, 11) is 4.02. The molecular formula is C20H20N2O6. The largest absolute Gasteiger partial charge is 0.497 e. The molecule has 0 spiro atoms. The predicted molar refractivity (Wildman–Crippen MR) is 103 cm³/mol. The predicted octanol–water partition coefficient (Wildman–Crippen LogP) is 3.06. The van der Waals surface area contributed by atoms with Gasteiger partial charge >= 0.3 is 18.0 Å². The quantitative estimate of drug-likeness (QED) is 0.742. The Morgan fingerprint density at radius 1 is 0.929 bits per heavy atom. The van der Waals surface area contributed by atoms with Crippen LogP contribution in [0.4, 0.5) is 10.5 Å². The van der Waals surface area contributed by atoms with E-state index in [9.17, 15) is 14.4 Å². The second-order valence-electron chi connectivity index (χ2n) is 5.45. The standard InChI is InChI=1S/C20H20N2O6/c1-26-15-6-4-5-13(11-15)9-10-21-20(25)22-17-12-14(18(23)27-2)7-8-16(17)19(24)28-3/h4-12H,1-3H3,(H2,21,22,25)/b10-9+. The van der Waals surface area contributed by atoms with Crippen molar-refractivity contribution in [3.05, 3.63) is 65.4 Å². The van der Waals surface area contributed by atoms with E-state index < -0.39 is 18.0 Å². The number of hydrogen-bond donors (Lipinski definition) is 2. The minimum Gasteiger partial charge on any atom is -0.497 e. The average Bonchev–Trinajstić information content (AvgIpc) is 2.72. The maximum absolute atomic E-state index is 12.2. The van der Waals surface area contributed by atoms with E-state index in [0.29, 0.717) is 5.75 Å². The van der Waals surface area contributed by atoms with Crippen LogP contribution in [0.1, 0.15) is 26.3 Å². The number of nitrogens with one attached hydrogen (secondary N) is 2. The Morgan fingerprint density at radius 2 is 1.68 bits per heavy atom. The fourth-order valence-electron chi connectivity index (χ4n) is 2.30. The van der Waals surface area contributed by atoms with Crippen molar-refractivity contribution in [2.75, 3.05) is 26.6 Å². The van der Waals surface area contributed by atoms with E-state index in [0.717, 1.165) is 5.56 Å². The Labute approximate surface area is 162 Å². The van der Waals surface area contributed by atoms with Gasteiger partial charge in [0.05, 0.1) is 38.1 Å². The molecule has 2 aromatic rings. The van der Waals surface area contributed by atoms with Crippen LogP contribution < -0.4 is 15.4 Å². The van der Waals surface area contributed by atoms with E-state index in [2.05, 4.69) is 15.4 Å². The van der Waals surface area contributed by atoms with Crippen molar-refractivity contribution < 1.29 is 28.6 Å². The smallest absolute Gasteiger partial charge is 0.339 e. The molecule has 2 rings (SSSR count). The molecule has 0 fully saturated rings. The first-order valence-corrected chi connectivity index (χ1v) is 8.17. The molecule has 8 nitrogen and oxygen atoms in total. The summed E-state index contributed by atoms with van der Waals surface area (Å²) in [6.45, 7) is 0. The van der Waals surface area contributed by atoms with Crippen LogP contribution in [-0.4, -0.2) is 39.3 Å². The summed E-state index contributed by atoms with van der Waals surface area (Å²) in [4.78, 5) is 35.8. The first-order chi connectivity index (χ1) is 13.5. The summed E-state index contributed by atoms with van der Waals surface area (Å²) in [5.74, 6) is -0.564. The minimum absolute atomic E-state index is 0.0991. The number of carbonyl (C=O) groups is 3. The molecule has 0 atom stereocenters. The minimum atomic E-state index is -0.654. The summed E-state index contributed by atoms with van der Waals surface area (Å²) in [5.41, 5.74) is 1.21. The molecule has 146 valence electrons. The average molecular weight is 384 g/mol. The molecule has 0 saturated heterocycles. The third kappa shape index (κ3) is 5.34. The Hall–Kier alpha value is -3.81. The van der Waals surface area contributed by atoms with Gasteiger partial charge in [-0.05, 0) is 42.0 Å². The summed E-state index contributed by atoms with van der Waals surface area (Å²) >= 11 is 0. The third-order valence-corrected chi connectivity index (χ3v) is 3.68. The van der Waals surface area contributed by atoms with Crippen LogP contribution in [0.2, 0.25) is 0 Å². The van der Waals surface area contributed by atoms with Crippen molar-refractivity contribution in [1.82, 2.24) is 5.32 Å². The number of methoxy groups -OCH3 is 3. The van der Waals surface area contributed by atoms with Crippen LogP contribution in [0.15, 0.2) is 48.7 Å². The van der Waals surface area contributed by atoms with Gasteiger partial charge in [0.15, 0.2) is 0 Å². The zero-order valence-electron chi connectivity index (χ0n) is 15.6. The normalized spacial score (nSPS) is 10.2. The zero-order chi connectivity index (χ0) is 20.5. The van der Waals surface area contributed by atoms with Crippen LogP contribution in [0, 0.1) is 0 Å². The Balaban J connectivity index is 2.13. The van der Waals surface area contributed by atoms with Gasteiger partial charge in [-0.15, -0.1) is 0 Å². The Kier molecular flexibility index (Phi) is 7.15. The summed E-state index contributed by atoms with van der Waals surface area (Å²) in [5, 5.41) is 5.04. The zero-order valence-corrected chi connectivity index (χ0v) is 15.6. The van der Waals surface area contributed by atoms with Gasteiger partial charge in [0.2, 0.25) is 0 Å². The number of amides is 2. The molecule has 0 unspecified atom stereocenters. The molecule has 0 saturated carbocycles. The second-order valence-corrected chi connectivity index (χ2v) is 5.45. The van der Waals surface area contributed by atoms with E-state index in [1.807, 2.05) is 12.1 Å². The van der Waals surface area contributed by atoms with Crippen molar-refractivity contribution in [3.8, 4) is 5.75 Å². The first kappa shape index (κ1) is 20.5. The molecule has 8 heteroatoms. The molecule has 28 heavy (non-hydrogen) atoms. The maximum atomic E-state index is 12.2. The lowest BCUT2D eigenvalue weighted by molar-refractivity contribution is 0.0587. The van der Waals surface area contributed by atoms with Crippen molar-refractivity contribution in [2.24, 2.45) is 0 Å². The summed E-state index contributed by atoms with van der Waals surface area (Å²) < 4.78 is 14.5. The SMILES string of the molecule is COC(=O)c1ccc(C(=O)OC)c(NC(=O)N/C=C/c2cccc(OC)c2)c1. The van der Waals surface area contributed by atoms with Crippen molar-refractivity contribution in [3.63, 3.8) is 0 Å². The molecule has 2 N–H and O–H groups in total. The lowest BCUT2D eigenvalue weighted by Crippen LogP contribution is -2.25. The molecule has 0 aliphatic heterocycles. The maximum Gasteiger partial charge on any atom is 0.339 e. The number of anilines is 1. The van der Waals surface area contributed by atoms with Crippen LogP contribution in [0.3, 0.4) is 0 Å². The van der Waals surface area contributed by atoms with E-state index in [-0.39, 0.29) is 16.8 Å². The van der Waals surface area contributed by atoms with Crippen LogP contribution in [0.5, 0.6) is 5.75 Å². The van der Waals surface area contributed by atoms with Crippen LogP contribution in [-0.2, 0) is 9.47 Å². The van der Waals surface area contributed by atoms with Crippen molar-refractivity contribution >= 4 is 29.7 Å². The highest BCUT2D eigenvalue weighted by Crippen LogP contribution is 2.20. The molecule has 2 aromatic carbocycles. The van der Waals surface area contributed by atoms with Crippen LogP contribution in [0.25, 0.3) is 6.08 Å². The number of benzene rings is 2. The van der Waals surface area contributed by atoms with Gasteiger partial charge in [-0.3, -0.25) is 0 Å². The van der Waals surface area contributed by atoms with Gasteiger partial charge in [-0.2, -0.15) is 0 Å². The fraction of sp³-hybridized carbons (Fsp3) is 0.150. The number of carbonyl (C=O) groups excluding carboxylic acids is 3. The highest BCUT2D eigenvalue weighted by molar-refractivity contribution is 6.03. The molecule has 0 radical (unpaired) electrons. The van der Waals surface area contributed by atoms with Gasteiger partial charge < -0.3 is 24.8 Å².